The molecule has 0 radical (unpaired) electrons. The number of rotatable bonds is 9. The van der Waals surface area contributed by atoms with E-state index in [1.807, 2.05) is 49.0 Å². The first kappa shape index (κ1) is 20.4. The number of fused-ring (bicyclic) bond motifs is 1. The first-order valence-corrected chi connectivity index (χ1v) is 11.2. The second kappa shape index (κ2) is 10.9. The molecule has 0 amide bonds. The summed E-state index contributed by atoms with van der Waals surface area (Å²) in [7, 11) is 1.71. The molecule has 0 unspecified atom stereocenters. The highest BCUT2D eigenvalue weighted by Crippen LogP contribution is 2.32. The molecule has 2 atom stereocenters. The van der Waals surface area contributed by atoms with E-state index < -0.39 is 0 Å². The van der Waals surface area contributed by atoms with Gasteiger partial charge in [-0.15, -0.1) is 23.5 Å². The lowest BCUT2D eigenvalue weighted by atomic mass is 10.3. The summed E-state index contributed by atoms with van der Waals surface area (Å²) >= 11 is 3.62. The van der Waals surface area contributed by atoms with Crippen LogP contribution in [0.3, 0.4) is 0 Å². The van der Waals surface area contributed by atoms with Crippen molar-refractivity contribution in [3.63, 3.8) is 0 Å². The highest BCUT2D eigenvalue weighted by Gasteiger charge is 2.19. The summed E-state index contributed by atoms with van der Waals surface area (Å²) in [6.07, 6.45) is 0.139. The molecule has 1 N–H and O–H groups in total. The lowest BCUT2D eigenvalue weighted by Gasteiger charge is -2.22. The Kier molecular flexibility index (Phi) is 8.20. The highest BCUT2D eigenvalue weighted by atomic mass is 32.2. The van der Waals surface area contributed by atoms with Gasteiger partial charge in [-0.1, -0.05) is 24.3 Å². The van der Waals surface area contributed by atoms with Crippen LogP contribution in [0.5, 0.6) is 11.5 Å². The summed E-state index contributed by atoms with van der Waals surface area (Å²) in [5.41, 5.74) is 0. The molecule has 2 aromatic rings. The molecule has 1 aliphatic heterocycles. The van der Waals surface area contributed by atoms with Crippen LogP contribution in [0, 0.1) is 0 Å². The van der Waals surface area contributed by atoms with E-state index in [0.717, 1.165) is 34.4 Å². The molecule has 0 bridgehead atoms. The van der Waals surface area contributed by atoms with Gasteiger partial charge in [0.05, 0.1) is 19.3 Å². The number of methoxy groups -OCH3 is 1. The molecule has 0 spiro atoms. The summed E-state index contributed by atoms with van der Waals surface area (Å²) < 4.78 is 17.4. The van der Waals surface area contributed by atoms with Crippen LogP contribution in [0.2, 0.25) is 0 Å². The van der Waals surface area contributed by atoms with Gasteiger partial charge in [0.2, 0.25) is 0 Å². The Labute approximate surface area is 170 Å². The second-order valence-electron chi connectivity index (χ2n) is 6.21. The minimum Gasteiger partial charge on any atom is -0.496 e. The molecule has 27 heavy (non-hydrogen) atoms. The summed E-state index contributed by atoms with van der Waals surface area (Å²) in [6, 6.07) is 16.7. The summed E-state index contributed by atoms with van der Waals surface area (Å²) in [6.45, 7) is 4.24. The first-order chi connectivity index (χ1) is 13.3. The van der Waals surface area contributed by atoms with Crippen molar-refractivity contribution in [2.75, 3.05) is 38.4 Å². The lowest BCUT2D eigenvalue weighted by Crippen LogP contribution is -2.42. The summed E-state index contributed by atoms with van der Waals surface area (Å²) in [4.78, 5) is 2.36. The Bertz CT molecular complexity index is 686. The Morgan fingerprint density at radius 3 is 2.89 bits per heavy atom. The Balaban J connectivity index is 1.49. The van der Waals surface area contributed by atoms with E-state index >= 15 is 0 Å². The maximum Gasteiger partial charge on any atom is 0.132 e. The second-order valence-corrected chi connectivity index (χ2v) is 8.34. The first-order valence-electron chi connectivity index (χ1n) is 9.25. The van der Waals surface area contributed by atoms with E-state index in [1.165, 1.54) is 4.90 Å². The zero-order valence-corrected chi connectivity index (χ0v) is 17.5. The molecule has 0 aliphatic carbocycles. The number of benzene rings is 2. The standard InChI is InChI=1S/C21H27NO3S2/c1-3-24-17(15-27-20-10-6-4-8-18(20)23-2)12-22-16-13-25-19-9-5-7-11-21(19)26-14-16/h4-11,16-17,22H,3,12-15H2,1-2H3/t16-,17+/m1/s1. The molecule has 0 fully saturated rings. The van der Waals surface area contributed by atoms with Crippen LogP contribution >= 0.6 is 23.5 Å². The SMILES string of the molecule is CCO[C@@H](CN[C@@H]1COc2ccccc2SC1)CSc1ccccc1OC. The Morgan fingerprint density at radius 1 is 1.22 bits per heavy atom. The Morgan fingerprint density at radius 2 is 2.04 bits per heavy atom. The number of nitrogens with one attached hydrogen (secondary N) is 1. The molecular formula is C21H27NO3S2. The van der Waals surface area contributed by atoms with Gasteiger partial charge in [0.15, 0.2) is 0 Å². The maximum absolute atomic E-state index is 5.97. The minimum atomic E-state index is 0.139. The van der Waals surface area contributed by atoms with Gasteiger partial charge >= 0.3 is 0 Å². The number of para-hydroxylation sites is 2. The van der Waals surface area contributed by atoms with Crippen LogP contribution in [0.15, 0.2) is 58.3 Å². The van der Waals surface area contributed by atoms with Gasteiger partial charge in [-0.3, -0.25) is 0 Å². The molecule has 1 aliphatic rings. The zero-order chi connectivity index (χ0) is 18.9. The third-order valence-electron chi connectivity index (χ3n) is 4.26. The van der Waals surface area contributed by atoms with Crippen molar-refractivity contribution >= 4 is 23.5 Å². The average Bonchev–Trinajstić information content (AvgIpc) is 2.93. The van der Waals surface area contributed by atoms with Crippen molar-refractivity contribution < 1.29 is 14.2 Å². The minimum absolute atomic E-state index is 0.139. The van der Waals surface area contributed by atoms with Crippen molar-refractivity contribution in [3.8, 4) is 11.5 Å². The van der Waals surface area contributed by atoms with E-state index in [4.69, 9.17) is 14.2 Å². The van der Waals surface area contributed by atoms with Crippen LogP contribution in [0.1, 0.15) is 6.92 Å². The van der Waals surface area contributed by atoms with Crippen LogP contribution in [-0.2, 0) is 4.74 Å². The predicted octanol–water partition coefficient (Wildman–Crippen LogP) is 4.34. The molecule has 146 valence electrons. The van der Waals surface area contributed by atoms with Gasteiger partial charge < -0.3 is 19.5 Å². The molecule has 0 aromatic heterocycles. The molecular weight excluding hydrogens is 378 g/mol. The van der Waals surface area contributed by atoms with E-state index in [0.29, 0.717) is 19.3 Å². The third-order valence-corrected chi connectivity index (χ3v) is 6.66. The topological polar surface area (TPSA) is 39.7 Å². The van der Waals surface area contributed by atoms with Crippen LogP contribution in [0.25, 0.3) is 0 Å². The fourth-order valence-corrected chi connectivity index (χ4v) is 4.94. The van der Waals surface area contributed by atoms with Gasteiger partial charge in [-0.05, 0) is 31.2 Å². The predicted molar refractivity (Wildman–Crippen MR) is 114 cm³/mol. The van der Waals surface area contributed by atoms with E-state index in [9.17, 15) is 0 Å². The smallest absolute Gasteiger partial charge is 0.132 e. The highest BCUT2D eigenvalue weighted by molar-refractivity contribution is 7.99. The fraction of sp³-hybridized carbons (Fsp3) is 0.429. The van der Waals surface area contributed by atoms with Crippen LogP contribution in [0.4, 0.5) is 0 Å². The Hall–Kier alpha value is -1.34. The summed E-state index contributed by atoms with van der Waals surface area (Å²) in [5, 5.41) is 3.63. The number of thioether (sulfide) groups is 2. The van der Waals surface area contributed by atoms with E-state index in [2.05, 4.69) is 23.5 Å². The molecule has 2 aromatic carbocycles. The maximum atomic E-state index is 5.97. The largest absolute Gasteiger partial charge is 0.496 e. The molecule has 0 saturated carbocycles. The third kappa shape index (κ3) is 6.07. The molecule has 3 rings (SSSR count). The number of hydrogen-bond donors (Lipinski definition) is 1. The van der Waals surface area contributed by atoms with Gasteiger partial charge in [-0.2, -0.15) is 0 Å². The van der Waals surface area contributed by atoms with Gasteiger partial charge in [-0.25, -0.2) is 0 Å². The number of ether oxygens (including phenoxy) is 3. The summed E-state index contributed by atoms with van der Waals surface area (Å²) in [5.74, 6) is 3.77. The van der Waals surface area contributed by atoms with Gasteiger partial charge in [0.25, 0.3) is 0 Å². The van der Waals surface area contributed by atoms with Crippen molar-refractivity contribution in [3.05, 3.63) is 48.5 Å². The van der Waals surface area contributed by atoms with E-state index in [-0.39, 0.29) is 6.10 Å². The van der Waals surface area contributed by atoms with Crippen LogP contribution in [-0.4, -0.2) is 50.5 Å². The molecule has 6 heteroatoms. The van der Waals surface area contributed by atoms with Gasteiger partial charge in [0, 0.05) is 34.4 Å². The fourth-order valence-electron chi connectivity index (χ4n) is 2.86. The molecule has 1 heterocycles. The normalized spacial score (nSPS) is 17.5. The zero-order valence-electron chi connectivity index (χ0n) is 15.9. The van der Waals surface area contributed by atoms with Crippen molar-refractivity contribution in [2.45, 2.75) is 28.9 Å². The van der Waals surface area contributed by atoms with Crippen molar-refractivity contribution in [1.29, 1.82) is 0 Å². The lowest BCUT2D eigenvalue weighted by molar-refractivity contribution is 0.0762. The van der Waals surface area contributed by atoms with Crippen molar-refractivity contribution in [1.82, 2.24) is 5.32 Å². The number of hydrogen-bond acceptors (Lipinski definition) is 6. The van der Waals surface area contributed by atoms with Crippen LogP contribution < -0.4 is 14.8 Å². The average molecular weight is 406 g/mol. The van der Waals surface area contributed by atoms with Crippen molar-refractivity contribution in [2.24, 2.45) is 0 Å². The van der Waals surface area contributed by atoms with Gasteiger partial charge in [0.1, 0.15) is 18.1 Å². The molecule has 4 nitrogen and oxygen atoms in total. The quantitative estimate of drug-likeness (QED) is 0.626. The monoisotopic (exact) mass is 405 g/mol. The molecule has 0 saturated heterocycles. The van der Waals surface area contributed by atoms with E-state index in [1.54, 1.807) is 18.9 Å².